The first kappa shape index (κ1) is 17.6. The molecule has 0 saturated heterocycles. The van der Waals surface area contributed by atoms with Crippen LogP contribution >= 0.6 is 0 Å². The fraction of sp³-hybridized carbons (Fsp3) is 0.286. The van der Waals surface area contributed by atoms with Gasteiger partial charge in [0.15, 0.2) is 0 Å². The second kappa shape index (κ2) is 6.44. The predicted octanol–water partition coefficient (Wildman–Crippen LogP) is 5.65. The third kappa shape index (κ3) is 3.09. The van der Waals surface area contributed by atoms with Gasteiger partial charge in [-0.25, -0.2) is 4.68 Å². The summed E-state index contributed by atoms with van der Waals surface area (Å²) >= 11 is 0. The highest BCUT2D eigenvalue weighted by Gasteiger charge is 2.31. The molecule has 1 aliphatic rings. The van der Waals surface area contributed by atoms with Crippen LogP contribution in [0.25, 0.3) is 16.9 Å². The van der Waals surface area contributed by atoms with Gasteiger partial charge >= 0.3 is 6.18 Å². The molecule has 0 atom stereocenters. The quantitative estimate of drug-likeness (QED) is 0.645. The average Bonchev–Trinajstić information content (AvgIpc) is 3.23. The van der Waals surface area contributed by atoms with Crippen molar-refractivity contribution < 1.29 is 13.2 Å². The Hall–Kier alpha value is -2.76. The summed E-state index contributed by atoms with van der Waals surface area (Å²) in [5.74, 6) is 1.18. The van der Waals surface area contributed by atoms with Gasteiger partial charge in [-0.15, -0.1) is 0 Å². The van der Waals surface area contributed by atoms with E-state index in [1.165, 1.54) is 12.1 Å². The van der Waals surface area contributed by atoms with E-state index >= 15 is 0 Å². The van der Waals surface area contributed by atoms with Gasteiger partial charge in [-0.2, -0.15) is 18.3 Å². The zero-order chi connectivity index (χ0) is 19.2. The van der Waals surface area contributed by atoms with E-state index < -0.39 is 11.7 Å². The van der Waals surface area contributed by atoms with Crippen LogP contribution in [-0.2, 0) is 12.6 Å². The van der Waals surface area contributed by atoms with Crippen molar-refractivity contribution in [2.24, 2.45) is 0 Å². The molecule has 3 nitrogen and oxygen atoms in total. The molecule has 27 heavy (non-hydrogen) atoms. The van der Waals surface area contributed by atoms with Crippen LogP contribution in [0.3, 0.4) is 0 Å². The standard InChI is InChI=1S/C21H20F3N3/c1-13(2)16-8-3-4-9-18(16)27-20-17(10-11-25-20)19(26-27)14-6-5-7-15(12-14)21(22,23)24/h3-9,12-13,25H,10-11H2,1-2H3. The van der Waals surface area contributed by atoms with Crippen LogP contribution in [0.5, 0.6) is 0 Å². The Kier molecular flexibility index (Phi) is 4.21. The Labute approximate surface area is 155 Å². The first-order chi connectivity index (χ1) is 12.9. The lowest BCUT2D eigenvalue weighted by atomic mass is 10.0. The molecular weight excluding hydrogens is 351 g/mol. The number of anilines is 1. The largest absolute Gasteiger partial charge is 0.416 e. The Bertz CT molecular complexity index is 987. The van der Waals surface area contributed by atoms with Crippen molar-refractivity contribution in [1.82, 2.24) is 9.78 Å². The molecule has 0 amide bonds. The van der Waals surface area contributed by atoms with E-state index in [0.29, 0.717) is 17.2 Å². The van der Waals surface area contributed by atoms with E-state index in [4.69, 9.17) is 5.10 Å². The topological polar surface area (TPSA) is 29.9 Å². The normalized spacial score (nSPS) is 13.7. The molecule has 1 aromatic heterocycles. The number of hydrogen-bond acceptors (Lipinski definition) is 2. The summed E-state index contributed by atoms with van der Waals surface area (Å²) in [4.78, 5) is 0. The van der Waals surface area contributed by atoms with Crippen LogP contribution in [0, 0.1) is 0 Å². The van der Waals surface area contributed by atoms with Gasteiger partial charge in [-0.1, -0.05) is 44.2 Å². The number of nitrogens with one attached hydrogen (secondary N) is 1. The lowest BCUT2D eigenvalue weighted by Gasteiger charge is -2.14. The zero-order valence-corrected chi connectivity index (χ0v) is 15.1. The minimum atomic E-state index is -4.37. The molecule has 0 radical (unpaired) electrons. The van der Waals surface area contributed by atoms with Crippen molar-refractivity contribution in [2.75, 3.05) is 11.9 Å². The highest BCUT2D eigenvalue weighted by molar-refractivity contribution is 5.73. The van der Waals surface area contributed by atoms with Gasteiger partial charge < -0.3 is 5.32 Å². The van der Waals surface area contributed by atoms with Crippen molar-refractivity contribution in [1.29, 1.82) is 0 Å². The smallest absolute Gasteiger partial charge is 0.369 e. The molecule has 2 heterocycles. The highest BCUT2D eigenvalue weighted by Crippen LogP contribution is 2.38. The SMILES string of the molecule is CC(C)c1ccccc1-n1nc(-c2cccc(C(F)(F)F)c2)c2c1NCC2. The van der Waals surface area contributed by atoms with E-state index in [1.807, 2.05) is 22.9 Å². The van der Waals surface area contributed by atoms with Gasteiger partial charge in [0.1, 0.15) is 5.82 Å². The van der Waals surface area contributed by atoms with Crippen LogP contribution in [0.1, 0.15) is 36.5 Å². The number of hydrogen-bond donors (Lipinski definition) is 1. The molecule has 4 rings (SSSR count). The third-order valence-electron chi connectivity index (χ3n) is 4.90. The van der Waals surface area contributed by atoms with Crippen LogP contribution in [0.4, 0.5) is 19.0 Å². The van der Waals surface area contributed by atoms with Gasteiger partial charge in [0, 0.05) is 17.7 Å². The maximum absolute atomic E-state index is 13.1. The van der Waals surface area contributed by atoms with Gasteiger partial charge in [0.2, 0.25) is 0 Å². The lowest BCUT2D eigenvalue weighted by molar-refractivity contribution is -0.137. The Morgan fingerprint density at radius 2 is 1.85 bits per heavy atom. The average molecular weight is 371 g/mol. The second-order valence-corrected chi connectivity index (χ2v) is 7.06. The summed E-state index contributed by atoms with van der Waals surface area (Å²) in [7, 11) is 0. The minimum Gasteiger partial charge on any atom is -0.369 e. The van der Waals surface area contributed by atoms with E-state index in [1.54, 1.807) is 6.07 Å². The minimum absolute atomic E-state index is 0.305. The van der Waals surface area contributed by atoms with Gasteiger partial charge in [0.05, 0.1) is 16.9 Å². The number of fused-ring (bicyclic) bond motifs is 1. The highest BCUT2D eigenvalue weighted by atomic mass is 19.4. The number of halogens is 3. The van der Waals surface area contributed by atoms with E-state index in [2.05, 4.69) is 25.2 Å². The third-order valence-corrected chi connectivity index (χ3v) is 4.90. The molecule has 0 unspecified atom stereocenters. The summed E-state index contributed by atoms with van der Waals surface area (Å²) in [5.41, 5.74) is 3.51. The maximum Gasteiger partial charge on any atom is 0.416 e. The molecule has 140 valence electrons. The molecule has 0 fully saturated rings. The fourth-order valence-corrected chi connectivity index (χ4v) is 3.59. The van der Waals surface area contributed by atoms with Crippen molar-refractivity contribution in [3.05, 3.63) is 65.2 Å². The molecule has 1 N–H and O–H groups in total. The van der Waals surface area contributed by atoms with Gasteiger partial charge in [0.25, 0.3) is 0 Å². The molecule has 0 aliphatic carbocycles. The number of para-hydroxylation sites is 1. The molecule has 0 spiro atoms. The fourth-order valence-electron chi connectivity index (χ4n) is 3.59. The summed E-state index contributed by atoms with van der Waals surface area (Å²) in [6.45, 7) is 4.98. The van der Waals surface area contributed by atoms with E-state index in [0.717, 1.165) is 41.7 Å². The Morgan fingerprint density at radius 1 is 1.07 bits per heavy atom. The van der Waals surface area contributed by atoms with E-state index in [-0.39, 0.29) is 0 Å². The zero-order valence-electron chi connectivity index (χ0n) is 15.1. The summed E-state index contributed by atoms with van der Waals surface area (Å²) in [6.07, 6.45) is -3.63. The van der Waals surface area contributed by atoms with Gasteiger partial charge in [-0.3, -0.25) is 0 Å². The number of benzene rings is 2. The molecule has 0 saturated carbocycles. The van der Waals surface area contributed by atoms with Crippen molar-refractivity contribution in [3.63, 3.8) is 0 Å². The maximum atomic E-state index is 13.1. The van der Waals surface area contributed by atoms with Crippen LogP contribution in [-0.4, -0.2) is 16.3 Å². The van der Waals surface area contributed by atoms with Gasteiger partial charge in [-0.05, 0) is 36.1 Å². The lowest BCUT2D eigenvalue weighted by Crippen LogP contribution is -2.07. The molecule has 1 aliphatic heterocycles. The number of alkyl halides is 3. The van der Waals surface area contributed by atoms with E-state index in [9.17, 15) is 13.2 Å². The Balaban J connectivity index is 1.88. The van der Waals surface area contributed by atoms with Crippen molar-refractivity contribution >= 4 is 5.82 Å². The summed E-state index contributed by atoms with van der Waals surface area (Å²) in [6, 6.07) is 13.4. The van der Waals surface area contributed by atoms with Crippen LogP contribution in [0.2, 0.25) is 0 Å². The number of rotatable bonds is 3. The second-order valence-electron chi connectivity index (χ2n) is 7.06. The molecule has 2 aromatic carbocycles. The molecular formula is C21H20F3N3. The summed E-state index contributed by atoms with van der Waals surface area (Å²) in [5, 5.41) is 8.07. The number of aromatic nitrogens is 2. The molecule has 6 heteroatoms. The monoisotopic (exact) mass is 371 g/mol. The van der Waals surface area contributed by atoms with Crippen molar-refractivity contribution in [2.45, 2.75) is 32.4 Å². The molecule has 0 bridgehead atoms. The van der Waals surface area contributed by atoms with Crippen LogP contribution in [0.15, 0.2) is 48.5 Å². The first-order valence-electron chi connectivity index (χ1n) is 8.99. The molecule has 3 aromatic rings. The Morgan fingerprint density at radius 3 is 2.59 bits per heavy atom. The van der Waals surface area contributed by atoms with Crippen molar-refractivity contribution in [3.8, 4) is 16.9 Å². The number of nitrogens with zero attached hydrogens (tertiary/aromatic N) is 2. The van der Waals surface area contributed by atoms with Crippen LogP contribution < -0.4 is 5.32 Å². The first-order valence-corrected chi connectivity index (χ1v) is 8.99. The predicted molar refractivity (Wildman–Crippen MR) is 100 cm³/mol. The summed E-state index contributed by atoms with van der Waals surface area (Å²) < 4.78 is 41.2.